The van der Waals surface area contributed by atoms with E-state index in [4.69, 9.17) is 118 Å². The normalized spacial score (nSPS) is 48.7. The Bertz CT molecular complexity index is 3730. The minimum Gasteiger partial charge on any atom is -0.394 e. The number of hydrogen-bond acceptors (Lipinski definition) is 56. The predicted molar refractivity (Wildman–Crippen MR) is 428 cm³/mol. The summed E-state index contributed by atoms with van der Waals surface area (Å²) in [4.78, 5) is 52.5. The first kappa shape index (κ1) is 114. The van der Waals surface area contributed by atoms with Crippen molar-refractivity contribution in [2.45, 2.75) is 365 Å². The monoisotopic (exact) mass is 2020 g/mol. The van der Waals surface area contributed by atoms with E-state index in [1.807, 2.05) is 0 Å². The Hall–Kier alpha value is -4.20. The van der Waals surface area contributed by atoms with Crippen LogP contribution in [0, 0.1) is 0 Å². The number of carbonyl (C=O) groups excluding carboxylic acids is 4. The van der Waals surface area contributed by atoms with Gasteiger partial charge in [0.1, 0.15) is 268 Å². The molecule has 60 nitrogen and oxygen atoms in total. The van der Waals surface area contributed by atoms with Gasteiger partial charge in [-0.05, 0) is 0 Å². The van der Waals surface area contributed by atoms with Crippen LogP contribution in [0.4, 0.5) is 0 Å². The molecule has 11 rings (SSSR count). The number of rotatable bonds is 39. The SMILES string of the molecule is CO[C@H]1[C@@H](O)[C@@H](CO)O[C@@H](OC[C@H]2O[C@@H](OC[C@H]3O[C@@H](O[C@H]4[C@H](O)[C@@H](NC(C)=O)[C@H](O[C@@H]5[C@@H](O[C@@H]6[C@H](O)[C@H](O[C@H]7[C@H](O)[C@@H](NC(C)=O)[C@H](O[C@H]8[C@H](O)[C@@H](NC(C)=O)C(O)O[C@@H]8CO)O[C@@H]7CO)O[C@H](CO[C@H]7O[C@H](CO)[C@@H](O)[C@H](O)[C@@H]7O)[C@H]6O)O[C@H](CO)[C@@H](O)[C@@H]5O)O[C@@H]4CO)[C@H](NC(C)=O)[C@@H](O[C@@H]4O[C@H](CO[C@@H]5O[C@H](CO)[C@H](O)[C@H](OC)[C@H]5O)[C@H](O)[C@H](OC)[C@H]4O)[C@H]3O)[C@H](O)[C@@H](OC)[C@H]2O)[C@@H]1O. The second kappa shape index (κ2) is 50.9. The first-order valence-electron chi connectivity index (χ1n) is 44.2. The fraction of sp³-hybridized carbons (Fsp3) is 0.949. The maximum absolute atomic E-state index is 13.7. The summed E-state index contributed by atoms with van der Waals surface area (Å²) in [7, 11) is 4.37. The quantitative estimate of drug-likeness (QED) is 0.0272. The topological polar surface area (TPSA) is 893 Å². The third kappa shape index (κ3) is 25.4. The first-order valence-corrected chi connectivity index (χ1v) is 44.2. The van der Waals surface area contributed by atoms with Crippen LogP contribution < -0.4 is 21.3 Å². The van der Waals surface area contributed by atoms with E-state index in [2.05, 4.69) is 21.3 Å². The number of aliphatic hydroxyl groups excluding tert-OH is 27. The number of nitrogens with one attached hydrogen (secondary N) is 4. The smallest absolute Gasteiger partial charge is 0.217 e. The molecule has 0 aliphatic carbocycles. The summed E-state index contributed by atoms with van der Waals surface area (Å²) in [5.74, 6) is -3.78. The highest BCUT2D eigenvalue weighted by molar-refractivity contribution is 5.74. The van der Waals surface area contributed by atoms with Gasteiger partial charge in [0.25, 0.3) is 0 Å². The van der Waals surface area contributed by atoms with Gasteiger partial charge in [-0.25, -0.2) is 0 Å². The molecule has 0 spiro atoms. The van der Waals surface area contributed by atoms with Crippen molar-refractivity contribution in [3.05, 3.63) is 0 Å². The van der Waals surface area contributed by atoms with Gasteiger partial charge in [0.2, 0.25) is 23.6 Å². The molecule has 11 fully saturated rings. The summed E-state index contributed by atoms with van der Waals surface area (Å²) in [5, 5.41) is 315. The molecule has 4 amide bonds. The first-order chi connectivity index (χ1) is 65.5. The summed E-state index contributed by atoms with van der Waals surface area (Å²) in [6, 6.07) is -7.75. The molecule has 1 unspecified atom stereocenters. The number of aliphatic hydroxyl groups is 27. The van der Waals surface area contributed by atoms with Crippen LogP contribution in [0.5, 0.6) is 0 Å². The van der Waals surface area contributed by atoms with Crippen LogP contribution in [0.3, 0.4) is 0 Å². The molecule has 0 radical (unpaired) electrons. The van der Waals surface area contributed by atoms with Gasteiger partial charge in [-0.2, -0.15) is 0 Å². The molecule has 138 heavy (non-hydrogen) atoms. The Morgan fingerprint density at radius 3 is 0.804 bits per heavy atom. The summed E-state index contributed by atoms with van der Waals surface area (Å²) in [6.45, 7) is -7.24. The van der Waals surface area contributed by atoms with E-state index in [0.29, 0.717) is 0 Å². The standard InChI is InChI=1S/C78H132N4O56/c1-20(90)79-35-47(102)58(28(13-87)122-68(35)113)133-69-36(80-21(2)91)49(104)60(30(15-89)127-69)135-77-57(112)66(46(101)34(132-77)19-118-72-52(107)50(105)39(94)24(9-83)123-72)137-78-67(51(106)40(95)25(10-84)126-78)138-70-37(81-22(3)92)48(103)59(29(14-88)128-70)134-71-38(82-23(4)93)61(136-76-56(111)65(117-8)45(100)33(131-76)18-120-74-54(109)63(115-6)42(97)27(12-86)125-74)43(98)31(129-71)16-121-75-55(110)64(116-7)44(99)32(130-75)17-119-73-53(108)62(114-5)41(96)26(11-85)124-73/h24-78,83-89,94-113H,9-19H2,1-8H3,(H,79,90)(H,80,91)(H,81,92)(H,82,93)/t24-,25-,26-,27-,28-,29-,30-,31-,32-,33-,34-,35-,36-,37-,38-,39-,40-,41+,42+,43+,44+,45+,46-,47-,48-,49-,50+,51+,52+,53-,54-,55-,56-,57+,58-,59-,60-,61-,62+,63+,64+,65+,66+,67+,68?,69+,70+,71+,72+,73-,74-,75-,76+,77+,78-/m1/s1. The third-order valence-electron chi connectivity index (χ3n) is 25.5. The molecule has 800 valence electrons. The molecule has 11 saturated heterocycles. The lowest BCUT2D eigenvalue weighted by molar-refractivity contribution is -0.397. The van der Waals surface area contributed by atoms with Crippen molar-refractivity contribution in [2.24, 2.45) is 0 Å². The number of methoxy groups -OCH3 is 4. The van der Waals surface area contributed by atoms with Gasteiger partial charge in [-0.3, -0.25) is 19.2 Å². The number of amides is 4. The Kier molecular flexibility index (Phi) is 42.1. The summed E-state index contributed by atoms with van der Waals surface area (Å²) in [6.07, 6.45) is -101. The second-order valence-corrected chi connectivity index (χ2v) is 34.7. The minimum atomic E-state index is -2.56. The number of carbonyl (C=O) groups is 4. The van der Waals surface area contributed by atoms with E-state index >= 15 is 0 Å². The molecule has 0 aromatic rings. The lowest BCUT2D eigenvalue weighted by atomic mass is 9.93. The fourth-order valence-corrected chi connectivity index (χ4v) is 18.2. The highest BCUT2D eigenvalue weighted by atomic mass is 16.8. The van der Waals surface area contributed by atoms with Crippen LogP contribution >= 0.6 is 0 Å². The second-order valence-electron chi connectivity index (χ2n) is 34.7. The molecule has 60 heteroatoms. The molecule has 11 aliphatic heterocycles. The highest BCUT2D eigenvalue weighted by Crippen LogP contribution is 2.42. The van der Waals surface area contributed by atoms with E-state index in [0.717, 1.165) is 56.1 Å². The van der Waals surface area contributed by atoms with E-state index < -0.39 is 434 Å². The van der Waals surface area contributed by atoms with Gasteiger partial charge >= 0.3 is 0 Å². The average Bonchev–Trinajstić information content (AvgIpc) is 0.759. The van der Waals surface area contributed by atoms with E-state index in [9.17, 15) is 157 Å². The highest BCUT2D eigenvalue weighted by Gasteiger charge is 2.63. The van der Waals surface area contributed by atoms with Crippen LogP contribution in [-0.4, -0.2) is 600 Å². The predicted octanol–water partition coefficient (Wildman–Crippen LogP) is -21.8. The van der Waals surface area contributed by atoms with Gasteiger partial charge < -0.3 is 278 Å². The summed E-state index contributed by atoms with van der Waals surface area (Å²) >= 11 is 0. The van der Waals surface area contributed by atoms with Crippen molar-refractivity contribution in [1.29, 1.82) is 0 Å². The molecule has 0 saturated carbocycles. The number of ether oxygens (including phenoxy) is 25. The molecule has 0 aromatic carbocycles. The van der Waals surface area contributed by atoms with E-state index in [1.54, 1.807) is 0 Å². The summed E-state index contributed by atoms with van der Waals surface area (Å²) in [5.41, 5.74) is 0. The van der Waals surface area contributed by atoms with Crippen molar-refractivity contribution < 1.29 is 275 Å². The Labute approximate surface area is 784 Å². The zero-order valence-electron chi connectivity index (χ0n) is 75.4. The van der Waals surface area contributed by atoms with Crippen molar-refractivity contribution >= 4 is 23.6 Å². The van der Waals surface area contributed by atoms with Crippen LogP contribution in [0.1, 0.15) is 27.7 Å². The van der Waals surface area contributed by atoms with Gasteiger partial charge in [0.05, 0.1) is 72.7 Å². The average molecular weight is 2020 g/mol. The van der Waals surface area contributed by atoms with Gasteiger partial charge in [0.15, 0.2) is 69.2 Å². The van der Waals surface area contributed by atoms with Crippen LogP contribution in [0.15, 0.2) is 0 Å². The minimum absolute atomic E-state index is 0.753. The molecule has 31 N–H and O–H groups in total. The molecule has 0 aromatic heterocycles. The molecule has 11 heterocycles. The van der Waals surface area contributed by atoms with Gasteiger partial charge in [-0.1, -0.05) is 0 Å². The fourth-order valence-electron chi connectivity index (χ4n) is 18.2. The maximum atomic E-state index is 13.7. The number of hydrogen-bond donors (Lipinski definition) is 31. The molecular formula is C78H132N4O56. The van der Waals surface area contributed by atoms with Crippen LogP contribution in [0.25, 0.3) is 0 Å². The summed E-state index contributed by atoms with van der Waals surface area (Å²) < 4.78 is 148. The zero-order chi connectivity index (χ0) is 101. The molecule has 55 atom stereocenters. The maximum Gasteiger partial charge on any atom is 0.217 e. The molecular weight excluding hydrogens is 1890 g/mol. The van der Waals surface area contributed by atoms with Crippen LogP contribution in [-0.2, 0) is 138 Å². The van der Waals surface area contributed by atoms with E-state index in [-0.39, 0.29) is 0 Å². The molecule has 0 bridgehead atoms. The third-order valence-corrected chi connectivity index (χ3v) is 25.5. The van der Waals surface area contributed by atoms with Crippen molar-refractivity contribution in [3.8, 4) is 0 Å². The van der Waals surface area contributed by atoms with Crippen molar-refractivity contribution in [1.82, 2.24) is 21.3 Å². The largest absolute Gasteiger partial charge is 0.394 e. The lowest BCUT2D eigenvalue weighted by Crippen LogP contribution is -2.71. The zero-order valence-corrected chi connectivity index (χ0v) is 75.4. The molecule has 11 aliphatic rings. The van der Waals surface area contributed by atoms with Gasteiger partial charge in [-0.15, -0.1) is 0 Å². The lowest BCUT2D eigenvalue weighted by Gasteiger charge is -2.51. The van der Waals surface area contributed by atoms with Crippen LogP contribution in [0.2, 0.25) is 0 Å². The Balaban J connectivity index is 0.901. The Morgan fingerprint density at radius 1 is 0.203 bits per heavy atom. The van der Waals surface area contributed by atoms with Gasteiger partial charge in [0, 0.05) is 56.1 Å². The van der Waals surface area contributed by atoms with Crippen molar-refractivity contribution in [2.75, 3.05) is 101 Å². The van der Waals surface area contributed by atoms with Crippen molar-refractivity contribution in [3.63, 3.8) is 0 Å². The Morgan fingerprint density at radius 2 is 0.435 bits per heavy atom. The van der Waals surface area contributed by atoms with E-state index in [1.165, 1.54) is 0 Å².